The highest BCUT2D eigenvalue weighted by molar-refractivity contribution is 5.50. The zero-order chi connectivity index (χ0) is 13.8. The van der Waals surface area contributed by atoms with E-state index in [9.17, 15) is 5.11 Å². The fourth-order valence-electron chi connectivity index (χ4n) is 2.68. The molecule has 0 amide bonds. The molecule has 0 spiro atoms. The van der Waals surface area contributed by atoms with Crippen molar-refractivity contribution in [1.29, 1.82) is 0 Å². The number of hydrogen-bond acceptors (Lipinski definition) is 2. The van der Waals surface area contributed by atoms with Crippen LogP contribution in [0.1, 0.15) is 37.3 Å². The van der Waals surface area contributed by atoms with Gasteiger partial charge in [-0.05, 0) is 54.7 Å². The van der Waals surface area contributed by atoms with E-state index in [1.54, 1.807) is 13.2 Å². The normalized spacial score (nSPS) is 20.1. The van der Waals surface area contributed by atoms with E-state index in [2.05, 4.69) is 12.5 Å². The Morgan fingerprint density at radius 3 is 2.74 bits per heavy atom. The topological polar surface area (TPSA) is 29.5 Å². The predicted octanol–water partition coefficient (Wildman–Crippen LogP) is 4.12. The van der Waals surface area contributed by atoms with E-state index in [1.807, 2.05) is 32.1 Å². The van der Waals surface area contributed by atoms with Gasteiger partial charge < -0.3 is 9.84 Å². The molecule has 1 radical (unpaired) electrons. The van der Waals surface area contributed by atoms with E-state index in [4.69, 9.17) is 4.74 Å². The van der Waals surface area contributed by atoms with Crippen molar-refractivity contribution in [2.45, 2.75) is 32.6 Å². The number of hydrogen-bond donors (Lipinski definition) is 1. The highest BCUT2D eigenvalue weighted by Gasteiger charge is 2.26. The minimum Gasteiger partial charge on any atom is -0.508 e. The van der Waals surface area contributed by atoms with Crippen molar-refractivity contribution in [2.24, 2.45) is 0 Å². The van der Waals surface area contributed by atoms with Crippen molar-refractivity contribution in [1.82, 2.24) is 0 Å². The van der Waals surface area contributed by atoms with Crippen LogP contribution in [0.4, 0.5) is 0 Å². The maximum Gasteiger partial charge on any atom is 0.115 e. The van der Waals surface area contributed by atoms with Gasteiger partial charge in [0.25, 0.3) is 0 Å². The summed E-state index contributed by atoms with van der Waals surface area (Å²) >= 11 is 0. The summed E-state index contributed by atoms with van der Waals surface area (Å²) in [6, 6.07) is 5.69. The van der Waals surface area contributed by atoms with Crippen molar-refractivity contribution in [2.75, 3.05) is 7.11 Å². The average molecular weight is 257 g/mol. The lowest BCUT2D eigenvalue weighted by atomic mass is 9.75. The van der Waals surface area contributed by atoms with E-state index < -0.39 is 0 Å². The molecule has 19 heavy (non-hydrogen) atoms. The standard InChI is InChI=1S/C15H15O2.C2H6/c1-17-13-5-7-15-11(9-13)3-2-10-8-12(16)4-6-14(10)15;1-2/h4-9,15-16H,2-3H2,1H3;1-2H3. The summed E-state index contributed by atoms with van der Waals surface area (Å²) in [6.07, 6.45) is 8.38. The first kappa shape index (κ1) is 13.7. The van der Waals surface area contributed by atoms with Crippen LogP contribution in [0.25, 0.3) is 0 Å². The molecule has 0 aliphatic heterocycles. The second-order valence-corrected chi connectivity index (χ2v) is 4.55. The number of aromatic hydroxyl groups is 1. The molecule has 0 aromatic heterocycles. The molecule has 2 aliphatic rings. The Labute approximate surface area is 115 Å². The van der Waals surface area contributed by atoms with E-state index in [0.29, 0.717) is 11.7 Å². The molecular weight excluding hydrogens is 236 g/mol. The Morgan fingerprint density at radius 1 is 1.21 bits per heavy atom. The molecule has 0 bridgehead atoms. The van der Waals surface area contributed by atoms with Gasteiger partial charge in [-0.15, -0.1) is 0 Å². The van der Waals surface area contributed by atoms with Crippen LogP contribution in [0, 0.1) is 6.42 Å². The van der Waals surface area contributed by atoms with Crippen LogP contribution >= 0.6 is 0 Å². The Balaban J connectivity index is 0.000000637. The van der Waals surface area contributed by atoms with E-state index in [1.165, 1.54) is 16.7 Å². The molecule has 1 atom stereocenters. The van der Waals surface area contributed by atoms with Crippen LogP contribution in [0.15, 0.2) is 41.7 Å². The first-order chi connectivity index (χ1) is 9.28. The Kier molecular flexibility index (Phi) is 4.31. The maximum atomic E-state index is 9.51. The third-order valence-electron chi connectivity index (χ3n) is 3.56. The molecule has 3 rings (SSSR count). The van der Waals surface area contributed by atoms with Crippen LogP contribution in [0.2, 0.25) is 0 Å². The fraction of sp³-hybridized carbons (Fsp3) is 0.353. The molecule has 2 heteroatoms. The minimum atomic E-state index is 0.359. The Bertz CT molecular complexity index is 512. The quantitative estimate of drug-likeness (QED) is 0.820. The number of allylic oxidation sites excluding steroid dienone is 3. The van der Waals surface area contributed by atoms with Gasteiger partial charge in [-0.25, -0.2) is 0 Å². The van der Waals surface area contributed by atoms with Crippen molar-refractivity contribution in [3.05, 3.63) is 59.2 Å². The summed E-state index contributed by atoms with van der Waals surface area (Å²) < 4.78 is 5.26. The first-order valence-electron chi connectivity index (χ1n) is 6.89. The lowest BCUT2D eigenvalue weighted by Gasteiger charge is -2.30. The smallest absolute Gasteiger partial charge is 0.115 e. The summed E-state index contributed by atoms with van der Waals surface area (Å²) in [4.78, 5) is 0. The monoisotopic (exact) mass is 257 g/mol. The molecule has 1 N–H and O–H groups in total. The number of phenolic OH excluding ortho intramolecular Hbond substituents is 1. The number of rotatable bonds is 1. The minimum absolute atomic E-state index is 0.359. The highest BCUT2D eigenvalue weighted by Crippen LogP contribution is 2.41. The second-order valence-electron chi connectivity index (χ2n) is 4.55. The summed E-state index contributed by atoms with van der Waals surface area (Å²) in [5.41, 5.74) is 3.98. The molecule has 1 aromatic rings. The SMILES string of the molecule is CC.COC1=C[CH]C2C(=C1)CCc1cc(O)ccc12. The first-order valence-corrected chi connectivity index (χ1v) is 6.89. The summed E-state index contributed by atoms with van der Waals surface area (Å²) in [6.45, 7) is 4.00. The van der Waals surface area contributed by atoms with Gasteiger partial charge in [0.05, 0.1) is 7.11 Å². The van der Waals surface area contributed by atoms with Crippen LogP contribution in [0.3, 0.4) is 0 Å². The van der Waals surface area contributed by atoms with E-state index >= 15 is 0 Å². The number of methoxy groups -OCH3 is 1. The largest absolute Gasteiger partial charge is 0.508 e. The third-order valence-corrected chi connectivity index (χ3v) is 3.56. The van der Waals surface area contributed by atoms with Crippen molar-refractivity contribution in [3.8, 4) is 5.75 Å². The zero-order valence-corrected chi connectivity index (χ0v) is 11.8. The molecule has 2 aliphatic carbocycles. The van der Waals surface area contributed by atoms with Gasteiger partial charge >= 0.3 is 0 Å². The molecule has 2 nitrogen and oxygen atoms in total. The average Bonchev–Trinajstić information content (AvgIpc) is 2.48. The molecule has 0 fully saturated rings. The summed E-state index contributed by atoms with van der Waals surface area (Å²) in [5, 5.41) is 9.51. The number of phenols is 1. The van der Waals surface area contributed by atoms with Crippen LogP contribution in [-0.4, -0.2) is 12.2 Å². The number of aryl methyl sites for hydroxylation is 1. The second kappa shape index (κ2) is 5.96. The predicted molar refractivity (Wildman–Crippen MR) is 78.0 cm³/mol. The Morgan fingerprint density at radius 2 is 2.00 bits per heavy atom. The highest BCUT2D eigenvalue weighted by atomic mass is 16.5. The van der Waals surface area contributed by atoms with Crippen LogP contribution < -0.4 is 0 Å². The van der Waals surface area contributed by atoms with Crippen molar-refractivity contribution < 1.29 is 9.84 Å². The van der Waals surface area contributed by atoms with Gasteiger partial charge in [-0.3, -0.25) is 0 Å². The van der Waals surface area contributed by atoms with Crippen LogP contribution in [-0.2, 0) is 11.2 Å². The van der Waals surface area contributed by atoms with E-state index in [0.717, 1.165) is 18.6 Å². The molecule has 0 saturated heterocycles. The third kappa shape index (κ3) is 2.67. The number of benzene rings is 1. The Hall–Kier alpha value is -1.70. The lowest BCUT2D eigenvalue weighted by molar-refractivity contribution is 0.304. The fourth-order valence-corrected chi connectivity index (χ4v) is 2.68. The maximum absolute atomic E-state index is 9.51. The van der Waals surface area contributed by atoms with Gasteiger partial charge in [-0.2, -0.15) is 0 Å². The molecule has 1 unspecified atom stereocenters. The zero-order valence-electron chi connectivity index (χ0n) is 11.8. The lowest BCUT2D eigenvalue weighted by Crippen LogP contribution is -2.15. The molecule has 0 heterocycles. The molecule has 1 aromatic carbocycles. The van der Waals surface area contributed by atoms with Gasteiger partial charge in [0.2, 0.25) is 0 Å². The van der Waals surface area contributed by atoms with Crippen molar-refractivity contribution >= 4 is 0 Å². The summed E-state index contributed by atoms with van der Waals surface area (Å²) in [7, 11) is 1.70. The summed E-state index contributed by atoms with van der Waals surface area (Å²) in [5.74, 6) is 1.65. The van der Waals surface area contributed by atoms with E-state index in [-0.39, 0.29) is 0 Å². The molecule has 101 valence electrons. The van der Waals surface area contributed by atoms with Gasteiger partial charge in [0.1, 0.15) is 11.5 Å². The number of fused-ring (bicyclic) bond motifs is 3. The van der Waals surface area contributed by atoms with Gasteiger partial charge in [0.15, 0.2) is 0 Å². The molecular formula is C17H21O2. The van der Waals surface area contributed by atoms with Gasteiger partial charge in [-0.1, -0.05) is 25.5 Å². The van der Waals surface area contributed by atoms with Gasteiger partial charge in [0, 0.05) is 5.92 Å². The molecule has 0 saturated carbocycles. The van der Waals surface area contributed by atoms with Crippen molar-refractivity contribution in [3.63, 3.8) is 0 Å². The number of ether oxygens (including phenoxy) is 1. The van der Waals surface area contributed by atoms with Crippen LogP contribution in [0.5, 0.6) is 5.75 Å².